The van der Waals surface area contributed by atoms with Crippen molar-refractivity contribution in [1.29, 1.82) is 0 Å². The molecule has 0 heterocycles. The lowest BCUT2D eigenvalue weighted by Crippen LogP contribution is -2.29. The fourth-order valence-corrected chi connectivity index (χ4v) is 1.21. The van der Waals surface area contributed by atoms with E-state index in [1.54, 1.807) is 0 Å². The molecule has 0 bridgehead atoms. The monoisotopic (exact) mass is 192 g/mol. The molecule has 76 valence electrons. The van der Waals surface area contributed by atoms with Crippen LogP contribution in [0.3, 0.4) is 0 Å². The average molecular weight is 192 g/mol. The molecule has 0 aromatic carbocycles. The van der Waals surface area contributed by atoms with Gasteiger partial charge >= 0.3 is 0 Å². The van der Waals surface area contributed by atoms with Crippen LogP contribution in [0.15, 0.2) is 36.0 Å². The van der Waals surface area contributed by atoms with Gasteiger partial charge in [0.05, 0.1) is 6.42 Å². The van der Waals surface area contributed by atoms with Crippen molar-refractivity contribution in [2.24, 2.45) is 5.73 Å². The van der Waals surface area contributed by atoms with Crippen molar-refractivity contribution in [3.63, 3.8) is 0 Å². The second-order valence-electron chi connectivity index (χ2n) is 3.29. The summed E-state index contributed by atoms with van der Waals surface area (Å²) < 4.78 is 0. The highest BCUT2D eigenvalue weighted by molar-refractivity contribution is 5.79. The summed E-state index contributed by atoms with van der Waals surface area (Å²) in [4.78, 5) is 11.3. The molecule has 0 saturated heterocycles. The van der Waals surface area contributed by atoms with Crippen molar-refractivity contribution in [1.82, 2.24) is 5.32 Å². The fourth-order valence-electron chi connectivity index (χ4n) is 1.21. The van der Waals surface area contributed by atoms with Gasteiger partial charge in [0.2, 0.25) is 5.91 Å². The summed E-state index contributed by atoms with van der Waals surface area (Å²) in [5.74, 6) is 0.0267. The first-order valence-electron chi connectivity index (χ1n) is 4.74. The van der Waals surface area contributed by atoms with E-state index < -0.39 is 0 Å². The van der Waals surface area contributed by atoms with E-state index in [0.717, 1.165) is 17.6 Å². The quantitative estimate of drug-likeness (QED) is 0.695. The Morgan fingerprint density at radius 3 is 2.93 bits per heavy atom. The molecule has 0 unspecified atom stereocenters. The van der Waals surface area contributed by atoms with Gasteiger partial charge in [-0.15, -0.1) is 0 Å². The summed E-state index contributed by atoms with van der Waals surface area (Å²) in [6.07, 6.45) is 7.20. The molecule has 1 aliphatic carbocycles. The van der Waals surface area contributed by atoms with Crippen molar-refractivity contribution in [3.05, 3.63) is 36.0 Å². The maximum absolute atomic E-state index is 11.3. The van der Waals surface area contributed by atoms with E-state index in [1.807, 2.05) is 18.2 Å². The summed E-state index contributed by atoms with van der Waals surface area (Å²) >= 11 is 0. The molecule has 0 saturated carbocycles. The molecule has 0 aliphatic heterocycles. The van der Waals surface area contributed by atoms with Crippen LogP contribution in [0.1, 0.15) is 12.8 Å². The number of amides is 1. The third-order valence-corrected chi connectivity index (χ3v) is 1.99. The molecule has 0 fully saturated rings. The van der Waals surface area contributed by atoms with Gasteiger partial charge in [-0.2, -0.15) is 0 Å². The van der Waals surface area contributed by atoms with Gasteiger partial charge in [-0.25, -0.2) is 0 Å². The number of carbonyl (C=O) groups excluding carboxylic acids is 1. The van der Waals surface area contributed by atoms with Gasteiger partial charge in [-0.1, -0.05) is 30.4 Å². The van der Waals surface area contributed by atoms with Crippen LogP contribution >= 0.6 is 0 Å². The lowest BCUT2D eigenvalue weighted by molar-refractivity contribution is -0.120. The molecule has 0 aromatic rings. The molecular formula is C11H16N2O. The van der Waals surface area contributed by atoms with Gasteiger partial charge in [0, 0.05) is 13.1 Å². The maximum atomic E-state index is 11.3. The Morgan fingerprint density at radius 1 is 1.57 bits per heavy atom. The minimum absolute atomic E-state index is 0.0267. The average Bonchev–Trinajstić information content (AvgIpc) is 2.18. The first-order chi connectivity index (χ1) is 6.72. The predicted octanol–water partition coefficient (Wildman–Crippen LogP) is 0.894. The van der Waals surface area contributed by atoms with E-state index in [2.05, 4.69) is 11.9 Å². The zero-order valence-electron chi connectivity index (χ0n) is 8.25. The molecule has 0 spiro atoms. The van der Waals surface area contributed by atoms with E-state index in [4.69, 9.17) is 5.73 Å². The summed E-state index contributed by atoms with van der Waals surface area (Å²) in [6, 6.07) is 0. The Kier molecular flexibility index (Phi) is 4.13. The normalized spacial score (nSPS) is 15.2. The van der Waals surface area contributed by atoms with Crippen molar-refractivity contribution in [2.45, 2.75) is 12.8 Å². The van der Waals surface area contributed by atoms with Crippen LogP contribution in [0.5, 0.6) is 0 Å². The SMILES string of the molecule is C=C1C=CC(CC(=O)NCCN)=CC1. The topological polar surface area (TPSA) is 55.1 Å². The Hall–Kier alpha value is -1.35. The minimum Gasteiger partial charge on any atom is -0.355 e. The summed E-state index contributed by atoms with van der Waals surface area (Å²) in [6.45, 7) is 4.86. The molecule has 0 atom stereocenters. The van der Waals surface area contributed by atoms with Gasteiger partial charge in [-0.3, -0.25) is 4.79 Å². The molecular weight excluding hydrogens is 176 g/mol. The standard InChI is InChI=1S/C11H16N2O/c1-9-2-4-10(5-3-9)8-11(14)13-7-6-12/h2,4-5H,1,3,6-8,12H2,(H,13,14). The largest absolute Gasteiger partial charge is 0.355 e. The van der Waals surface area contributed by atoms with Gasteiger partial charge in [0.1, 0.15) is 0 Å². The fraction of sp³-hybridized carbons (Fsp3) is 0.364. The number of hydrogen-bond donors (Lipinski definition) is 2. The van der Waals surface area contributed by atoms with Crippen molar-refractivity contribution in [3.8, 4) is 0 Å². The van der Waals surface area contributed by atoms with Crippen LogP contribution in [0.4, 0.5) is 0 Å². The Morgan fingerprint density at radius 2 is 2.36 bits per heavy atom. The zero-order chi connectivity index (χ0) is 10.4. The van der Waals surface area contributed by atoms with Crippen LogP contribution in [0.25, 0.3) is 0 Å². The first-order valence-corrected chi connectivity index (χ1v) is 4.74. The van der Waals surface area contributed by atoms with Crippen LogP contribution in [-0.2, 0) is 4.79 Å². The lowest BCUT2D eigenvalue weighted by Gasteiger charge is -2.08. The predicted molar refractivity (Wildman–Crippen MR) is 57.7 cm³/mol. The highest BCUT2D eigenvalue weighted by Gasteiger charge is 2.05. The maximum Gasteiger partial charge on any atom is 0.224 e. The molecule has 0 radical (unpaired) electrons. The van der Waals surface area contributed by atoms with Gasteiger partial charge in [-0.05, 0) is 12.0 Å². The summed E-state index contributed by atoms with van der Waals surface area (Å²) in [5.41, 5.74) is 7.40. The first kappa shape index (κ1) is 10.7. The third kappa shape index (κ3) is 3.58. The van der Waals surface area contributed by atoms with Crippen molar-refractivity contribution < 1.29 is 4.79 Å². The second kappa shape index (κ2) is 5.40. The molecule has 3 N–H and O–H groups in total. The Bertz CT molecular complexity index is 290. The van der Waals surface area contributed by atoms with Gasteiger partial charge in [0.25, 0.3) is 0 Å². The minimum atomic E-state index is 0.0267. The Labute approximate surface area is 84.4 Å². The van der Waals surface area contributed by atoms with Crippen LogP contribution < -0.4 is 11.1 Å². The molecule has 3 heteroatoms. The van der Waals surface area contributed by atoms with Crippen LogP contribution in [-0.4, -0.2) is 19.0 Å². The highest BCUT2D eigenvalue weighted by atomic mass is 16.1. The number of allylic oxidation sites excluding steroid dienone is 4. The molecule has 1 amide bonds. The highest BCUT2D eigenvalue weighted by Crippen LogP contribution is 2.15. The van der Waals surface area contributed by atoms with E-state index in [1.165, 1.54) is 0 Å². The summed E-state index contributed by atoms with van der Waals surface area (Å²) in [5, 5.41) is 2.73. The smallest absolute Gasteiger partial charge is 0.224 e. The molecule has 1 rings (SSSR count). The van der Waals surface area contributed by atoms with Gasteiger partial charge in [0.15, 0.2) is 0 Å². The molecule has 0 aromatic heterocycles. The van der Waals surface area contributed by atoms with E-state index in [0.29, 0.717) is 19.5 Å². The summed E-state index contributed by atoms with van der Waals surface area (Å²) in [7, 11) is 0. The van der Waals surface area contributed by atoms with E-state index in [9.17, 15) is 4.79 Å². The number of carbonyl (C=O) groups is 1. The van der Waals surface area contributed by atoms with E-state index >= 15 is 0 Å². The van der Waals surface area contributed by atoms with Crippen LogP contribution in [0, 0.1) is 0 Å². The number of hydrogen-bond acceptors (Lipinski definition) is 2. The lowest BCUT2D eigenvalue weighted by atomic mass is 10.0. The number of nitrogens with one attached hydrogen (secondary N) is 1. The zero-order valence-corrected chi connectivity index (χ0v) is 8.25. The number of rotatable bonds is 4. The number of nitrogens with two attached hydrogens (primary N) is 1. The van der Waals surface area contributed by atoms with Crippen molar-refractivity contribution in [2.75, 3.05) is 13.1 Å². The molecule has 14 heavy (non-hydrogen) atoms. The van der Waals surface area contributed by atoms with E-state index in [-0.39, 0.29) is 5.91 Å². The molecule has 1 aliphatic rings. The van der Waals surface area contributed by atoms with Crippen LogP contribution in [0.2, 0.25) is 0 Å². The second-order valence-corrected chi connectivity index (χ2v) is 3.29. The van der Waals surface area contributed by atoms with Crippen molar-refractivity contribution >= 4 is 5.91 Å². The van der Waals surface area contributed by atoms with Gasteiger partial charge < -0.3 is 11.1 Å². The third-order valence-electron chi connectivity index (χ3n) is 1.99. The Balaban J connectivity index is 2.34. The molecule has 3 nitrogen and oxygen atoms in total.